The van der Waals surface area contributed by atoms with Crippen LogP contribution in [0.2, 0.25) is 5.02 Å². The van der Waals surface area contributed by atoms with Crippen LogP contribution in [-0.2, 0) is 0 Å². The fourth-order valence-corrected chi connectivity index (χ4v) is 2.60. The molecule has 2 rings (SSSR count). The maximum absolute atomic E-state index is 13.9. The van der Waals surface area contributed by atoms with Gasteiger partial charge in [-0.1, -0.05) is 33.6 Å². The number of hydrogen-bond donors (Lipinski definition) is 0. The molecule has 106 valence electrons. The van der Waals surface area contributed by atoms with Crippen LogP contribution >= 0.6 is 27.5 Å². The van der Waals surface area contributed by atoms with Crippen LogP contribution < -0.4 is 4.74 Å². The van der Waals surface area contributed by atoms with Gasteiger partial charge in [-0.2, -0.15) is 0 Å². The topological polar surface area (TPSA) is 9.23 Å². The number of ether oxygens (including phenoxy) is 1. The lowest BCUT2D eigenvalue weighted by molar-refractivity contribution is 0.405. The summed E-state index contributed by atoms with van der Waals surface area (Å²) < 4.78 is 46.1. The molecular weight excluding hydrogens is 357 g/mol. The number of rotatable bonds is 3. The third kappa shape index (κ3) is 2.94. The van der Waals surface area contributed by atoms with Gasteiger partial charge >= 0.3 is 0 Å². The van der Waals surface area contributed by atoms with E-state index in [0.29, 0.717) is 5.56 Å². The summed E-state index contributed by atoms with van der Waals surface area (Å²) in [6.07, 6.45) is 0. The summed E-state index contributed by atoms with van der Waals surface area (Å²) in [6.45, 7) is 0. The normalized spacial score (nSPS) is 12.3. The van der Waals surface area contributed by atoms with E-state index < -0.39 is 22.3 Å². The Hall–Kier alpha value is -1.20. The largest absolute Gasteiger partial charge is 0.497 e. The standard InChI is InChI=1S/C14H9BrClF3O/c1-20-8-5-11(18)13(12(19)6-8)14(15)7-2-3-9(16)10(17)4-7/h2-6,14H,1H3. The molecule has 1 unspecified atom stereocenters. The number of benzene rings is 2. The highest BCUT2D eigenvalue weighted by atomic mass is 79.9. The number of hydrogen-bond acceptors (Lipinski definition) is 1. The second kappa shape index (κ2) is 6.06. The monoisotopic (exact) mass is 364 g/mol. The highest BCUT2D eigenvalue weighted by Crippen LogP contribution is 2.36. The summed E-state index contributed by atoms with van der Waals surface area (Å²) in [5.41, 5.74) is 0.141. The molecule has 0 aliphatic carbocycles. The molecule has 20 heavy (non-hydrogen) atoms. The quantitative estimate of drug-likeness (QED) is 0.675. The van der Waals surface area contributed by atoms with Crippen molar-refractivity contribution in [2.75, 3.05) is 7.11 Å². The van der Waals surface area contributed by atoms with Crippen LogP contribution in [0.4, 0.5) is 13.2 Å². The predicted molar refractivity (Wildman–Crippen MR) is 75.1 cm³/mol. The summed E-state index contributed by atoms with van der Waals surface area (Å²) in [6, 6.07) is 6.09. The van der Waals surface area contributed by atoms with Gasteiger partial charge in [0.2, 0.25) is 0 Å². The molecular formula is C14H9BrClF3O. The zero-order valence-electron chi connectivity index (χ0n) is 10.3. The van der Waals surface area contributed by atoms with Crippen LogP contribution in [0.15, 0.2) is 30.3 Å². The van der Waals surface area contributed by atoms with Crippen LogP contribution in [0.25, 0.3) is 0 Å². The first-order valence-corrected chi connectivity index (χ1v) is 6.85. The number of halogens is 5. The Kier molecular flexibility index (Phi) is 4.60. The van der Waals surface area contributed by atoms with E-state index in [4.69, 9.17) is 16.3 Å². The van der Waals surface area contributed by atoms with E-state index in [0.717, 1.165) is 18.2 Å². The molecule has 0 heterocycles. The van der Waals surface area contributed by atoms with Gasteiger partial charge in [-0.25, -0.2) is 13.2 Å². The molecule has 0 saturated carbocycles. The smallest absolute Gasteiger partial charge is 0.142 e. The van der Waals surface area contributed by atoms with Gasteiger partial charge < -0.3 is 4.74 Å². The van der Waals surface area contributed by atoms with Gasteiger partial charge in [0.25, 0.3) is 0 Å². The first-order chi connectivity index (χ1) is 9.43. The fraction of sp³-hybridized carbons (Fsp3) is 0.143. The minimum Gasteiger partial charge on any atom is -0.497 e. The molecule has 0 bridgehead atoms. The lowest BCUT2D eigenvalue weighted by Crippen LogP contribution is -2.02. The molecule has 0 saturated heterocycles. The maximum Gasteiger partial charge on any atom is 0.142 e. The molecule has 1 nitrogen and oxygen atoms in total. The van der Waals surface area contributed by atoms with Crippen molar-refractivity contribution >= 4 is 27.5 Å². The molecule has 2 aromatic carbocycles. The first kappa shape index (κ1) is 15.2. The molecule has 0 radical (unpaired) electrons. The van der Waals surface area contributed by atoms with Gasteiger partial charge in [-0.3, -0.25) is 0 Å². The first-order valence-electron chi connectivity index (χ1n) is 5.56. The second-order valence-electron chi connectivity index (χ2n) is 4.04. The Bertz CT molecular complexity index is 625. The summed E-state index contributed by atoms with van der Waals surface area (Å²) in [7, 11) is 1.31. The fourth-order valence-electron chi connectivity index (χ4n) is 1.76. The van der Waals surface area contributed by atoms with Crippen molar-refractivity contribution in [3.05, 3.63) is 63.9 Å². The van der Waals surface area contributed by atoms with Crippen molar-refractivity contribution in [1.82, 2.24) is 0 Å². The average Bonchev–Trinajstić information content (AvgIpc) is 2.40. The lowest BCUT2D eigenvalue weighted by Gasteiger charge is -2.14. The summed E-state index contributed by atoms with van der Waals surface area (Å²) in [4.78, 5) is -0.833. The maximum atomic E-state index is 13.9. The van der Waals surface area contributed by atoms with Gasteiger partial charge in [0.1, 0.15) is 23.2 Å². The van der Waals surface area contributed by atoms with Crippen LogP contribution in [0.3, 0.4) is 0 Å². The minimum absolute atomic E-state index is 0.0517. The summed E-state index contributed by atoms with van der Waals surface area (Å²) >= 11 is 8.75. The van der Waals surface area contributed by atoms with Crippen molar-refractivity contribution in [2.24, 2.45) is 0 Å². The van der Waals surface area contributed by atoms with Gasteiger partial charge in [-0.05, 0) is 17.7 Å². The third-order valence-electron chi connectivity index (χ3n) is 2.78. The van der Waals surface area contributed by atoms with E-state index in [1.165, 1.54) is 19.2 Å². The molecule has 0 N–H and O–H groups in total. The van der Waals surface area contributed by atoms with Crippen molar-refractivity contribution in [3.8, 4) is 5.75 Å². The van der Waals surface area contributed by atoms with Gasteiger partial charge in [0, 0.05) is 17.7 Å². The van der Waals surface area contributed by atoms with E-state index in [1.54, 1.807) is 0 Å². The molecule has 0 aromatic heterocycles. The SMILES string of the molecule is COc1cc(F)c(C(Br)c2ccc(Cl)c(F)c2)c(F)c1. The average molecular weight is 366 g/mol. The van der Waals surface area contributed by atoms with E-state index in [2.05, 4.69) is 15.9 Å². The highest BCUT2D eigenvalue weighted by molar-refractivity contribution is 9.09. The number of alkyl halides is 1. The minimum atomic E-state index is -0.833. The van der Waals surface area contributed by atoms with Crippen LogP contribution in [0, 0.1) is 17.5 Å². The summed E-state index contributed by atoms with van der Waals surface area (Å²) in [5, 5.41) is -0.0517. The zero-order valence-corrected chi connectivity index (χ0v) is 12.6. The van der Waals surface area contributed by atoms with Crippen molar-refractivity contribution in [1.29, 1.82) is 0 Å². The van der Waals surface area contributed by atoms with Crippen LogP contribution in [0.5, 0.6) is 5.75 Å². The molecule has 0 aliphatic heterocycles. The second-order valence-corrected chi connectivity index (χ2v) is 5.36. The van der Waals surface area contributed by atoms with Crippen LogP contribution in [-0.4, -0.2) is 7.11 Å². The molecule has 0 spiro atoms. The Morgan fingerprint density at radius 3 is 2.15 bits per heavy atom. The molecule has 2 aromatic rings. The van der Waals surface area contributed by atoms with Crippen molar-refractivity contribution < 1.29 is 17.9 Å². The van der Waals surface area contributed by atoms with Crippen molar-refractivity contribution in [2.45, 2.75) is 4.83 Å². The van der Waals surface area contributed by atoms with Crippen LogP contribution in [0.1, 0.15) is 16.0 Å². The van der Waals surface area contributed by atoms with Gasteiger partial charge in [0.15, 0.2) is 0 Å². The van der Waals surface area contributed by atoms with Crippen molar-refractivity contribution in [3.63, 3.8) is 0 Å². The van der Waals surface area contributed by atoms with E-state index in [1.807, 2.05) is 0 Å². The zero-order chi connectivity index (χ0) is 14.9. The molecule has 0 amide bonds. The van der Waals surface area contributed by atoms with E-state index in [9.17, 15) is 13.2 Å². The lowest BCUT2D eigenvalue weighted by atomic mass is 10.0. The summed E-state index contributed by atoms with van der Waals surface area (Å²) in [5.74, 6) is -2.13. The Morgan fingerprint density at radius 2 is 1.65 bits per heavy atom. The van der Waals surface area contributed by atoms with Gasteiger partial charge in [-0.15, -0.1) is 0 Å². The molecule has 1 atom stereocenters. The number of methoxy groups -OCH3 is 1. The third-order valence-corrected chi connectivity index (χ3v) is 4.07. The van der Waals surface area contributed by atoms with E-state index in [-0.39, 0.29) is 16.3 Å². The molecule has 6 heteroatoms. The predicted octanol–water partition coefficient (Wildman–Crippen LogP) is 5.25. The highest BCUT2D eigenvalue weighted by Gasteiger charge is 2.21. The van der Waals surface area contributed by atoms with E-state index >= 15 is 0 Å². The Morgan fingerprint density at radius 1 is 1.05 bits per heavy atom. The Labute approximate surface area is 127 Å². The molecule has 0 aliphatic rings. The Balaban J connectivity index is 2.47. The van der Waals surface area contributed by atoms with Gasteiger partial charge in [0.05, 0.1) is 17.0 Å². The molecule has 0 fully saturated rings.